The Morgan fingerprint density at radius 3 is 2.67 bits per heavy atom. The van der Waals surface area contributed by atoms with Crippen molar-refractivity contribution in [1.29, 1.82) is 0 Å². The van der Waals surface area contributed by atoms with Crippen LogP contribution in [0.25, 0.3) is 10.9 Å². The number of H-pyrrole nitrogens is 1. The summed E-state index contributed by atoms with van der Waals surface area (Å²) in [5, 5.41) is 8.58. The van der Waals surface area contributed by atoms with Crippen molar-refractivity contribution in [3.05, 3.63) is 74.0 Å². The van der Waals surface area contributed by atoms with Crippen LogP contribution in [0.1, 0.15) is 22.3 Å². The van der Waals surface area contributed by atoms with E-state index in [4.69, 9.17) is 23.8 Å². The third kappa shape index (κ3) is 4.31. The third-order valence-corrected chi connectivity index (χ3v) is 5.37. The van der Waals surface area contributed by atoms with Gasteiger partial charge in [-0.25, -0.2) is 0 Å². The number of nitrogens with one attached hydrogen (secondary N) is 3. The first-order chi connectivity index (χ1) is 12.9. The minimum absolute atomic E-state index is 0.0532. The van der Waals surface area contributed by atoms with E-state index in [-0.39, 0.29) is 5.56 Å². The Morgan fingerprint density at radius 2 is 1.89 bits per heavy atom. The van der Waals surface area contributed by atoms with Gasteiger partial charge in [0, 0.05) is 28.2 Å². The number of pyridine rings is 1. The van der Waals surface area contributed by atoms with Gasteiger partial charge in [-0.1, -0.05) is 29.8 Å². The first-order valence-electron chi connectivity index (χ1n) is 8.79. The summed E-state index contributed by atoms with van der Waals surface area (Å²) in [5.41, 5.74) is 5.63. The zero-order valence-electron chi connectivity index (χ0n) is 15.6. The van der Waals surface area contributed by atoms with Gasteiger partial charge < -0.3 is 15.6 Å². The summed E-state index contributed by atoms with van der Waals surface area (Å²) in [5.74, 6) is 0. The van der Waals surface area contributed by atoms with E-state index in [2.05, 4.69) is 28.6 Å². The molecule has 0 unspecified atom stereocenters. The lowest BCUT2D eigenvalue weighted by atomic mass is 10.0. The minimum atomic E-state index is -0.0532. The van der Waals surface area contributed by atoms with Crippen LogP contribution in [0.15, 0.2) is 41.2 Å². The molecule has 1 heterocycles. The van der Waals surface area contributed by atoms with Crippen LogP contribution >= 0.6 is 23.8 Å². The number of fused-ring (bicyclic) bond motifs is 1. The summed E-state index contributed by atoms with van der Waals surface area (Å²) >= 11 is 11.5. The van der Waals surface area contributed by atoms with Crippen molar-refractivity contribution in [3.8, 4) is 0 Å². The Hall–Kier alpha value is -2.37. The second kappa shape index (κ2) is 8.11. The van der Waals surface area contributed by atoms with Crippen molar-refractivity contribution in [3.63, 3.8) is 0 Å². The highest BCUT2D eigenvalue weighted by molar-refractivity contribution is 7.80. The second-order valence-corrected chi connectivity index (χ2v) is 7.47. The number of rotatable bonds is 4. The number of aromatic amines is 1. The lowest BCUT2D eigenvalue weighted by Crippen LogP contribution is -2.31. The molecule has 0 fully saturated rings. The SMILES string of the molecule is Cc1c(Cl)cccc1NC(=S)NCCc1cc2c(C)ccc(C)c2[nH]c1=O. The molecule has 0 radical (unpaired) electrons. The summed E-state index contributed by atoms with van der Waals surface area (Å²) in [4.78, 5) is 15.4. The Morgan fingerprint density at radius 1 is 1.15 bits per heavy atom. The van der Waals surface area contributed by atoms with Crippen molar-refractivity contribution in [1.82, 2.24) is 10.3 Å². The number of anilines is 1. The molecule has 1 aromatic heterocycles. The predicted molar refractivity (Wildman–Crippen MR) is 118 cm³/mol. The van der Waals surface area contributed by atoms with Crippen LogP contribution in [0.4, 0.5) is 5.69 Å². The first-order valence-corrected chi connectivity index (χ1v) is 9.57. The molecule has 0 saturated carbocycles. The van der Waals surface area contributed by atoms with E-state index in [1.807, 2.05) is 44.2 Å². The lowest BCUT2D eigenvalue weighted by molar-refractivity contribution is 0.863. The van der Waals surface area contributed by atoms with Crippen LogP contribution in [0, 0.1) is 20.8 Å². The van der Waals surface area contributed by atoms with Gasteiger partial charge in [0.25, 0.3) is 5.56 Å². The minimum Gasteiger partial charge on any atom is -0.362 e. The molecule has 6 heteroatoms. The van der Waals surface area contributed by atoms with Crippen molar-refractivity contribution in [2.75, 3.05) is 11.9 Å². The topological polar surface area (TPSA) is 56.9 Å². The van der Waals surface area contributed by atoms with Crippen LogP contribution in [0.3, 0.4) is 0 Å². The molecule has 0 aliphatic carbocycles. The zero-order chi connectivity index (χ0) is 19.6. The largest absolute Gasteiger partial charge is 0.362 e. The molecule has 2 aromatic carbocycles. The molecule has 4 nitrogen and oxygen atoms in total. The predicted octanol–water partition coefficient (Wildman–Crippen LogP) is 4.64. The van der Waals surface area contributed by atoms with Gasteiger partial charge in [-0.05, 0) is 74.3 Å². The number of halogens is 1. The molecular formula is C21H22ClN3OS. The van der Waals surface area contributed by atoms with Crippen LogP contribution in [-0.2, 0) is 6.42 Å². The molecule has 0 atom stereocenters. The van der Waals surface area contributed by atoms with Crippen molar-refractivity contribution in [2.45, 2.75) is 27.2 Å². The second-order valence-electron chi connectivity index (χ2n) is 6.66. The smallest absolute Gasteiger partial charge is 0.251 e. The van der Waals surface area contributed by atoms with E-state index in [1.54, 1.807) is 0 Å². The molecule has 27 heavy (non-hydrogen) atoms. The Bertz CT molecular complexity index is 1070. The molecule has 3 rings (SSSR count). The van der Waals surface area contributed by atoms with Gasteiger partial charge in [0.2, 0.25) is 0 Å². The fourth-order valence-electron chi connectivity index (χ4n) is 3.02. The van der Waals surface area contributed by atoms with Crippen LogP contribution in [0.5, 0.6) is 0 Å². The fraction of sp³-hybridized carbons (Fsp3) is 0.238. The van der Waals surface area contributed by atoms with Gasteiger partial charge in [0.1, 0.15) is 0 Å². The van der Waals surface area contributed by atoms with Crippen molar-refractivity contribution < 1.29 is 0 Å². The van der Waals surface area contributed by atoms with Gasteiger partial charge in [0.05, 0.1) is 5.52 Å². The molecular weight excluding hydrogens is 378 g/mol. The van der Waals surface area contributed by atoms with E-state index < -0.39 is 0 Å². The third-order valence-electron chi connectivity index (χ3n) is 4.72. The van der Waals surface area contributed by atoms with Crippen LogP contribution < -0.4 is 16.2 Å². The van der Waals surface area contributed by atoms with Gasteiger partial charge in [-0.2, -0.15) is 0 Å². The summed E-state index contributed by atoms with van der Waals surface area (Å²) in [6, 6.07) is 11.7. The van der Waals surface area contributed by atoms with Gasteiger partial charge in [-0.3, -0.25) is 4.79 Å². The molecule has 3 N–H and O–H groups in total. The quantitative estimate of drug-likeness (QED) is 0.559. The fourth-order valence-corrected chi connectivity index (χ4v) is 3.41. The average Bonchev–Trinajstić information content (AvgIpc) is 2.63. The first kappa shape index (κ1) is 19.4. The van der Waals surface area contributed by atoms with Gasteiger partial charge in [-0.15, -0.1) is 0 Å². The van der Waals surface area contributed by atoms with Gasteiger partial charge >= 0.3 is 0 Å². The monoisotopic (exact) mass is 399 g/mol. The highest BCUT2D eigenvalue weighted by Crippen LogP contribution is 2.23. The molecule has 0 aliphatic rings. The molecule has 0 bridgehead atoms. The van der Waals surface area contributed by atoms with E-state index in [0.717, 1.165) is 38.8 Å². The lowest BCUT2D eigenvalue weighted by Gasteiger charge is -2.13. The van der Waals surface area contributed by atoms with Crippen molar-refractivity contribution in [2.24, 2.45) is 0 Å². The molecule has 0 spiro atoms. The number of hydrogen-bond donors (Lipinski definition) is 3. The Labute approximate surface area is 169 Å². The number of hydrogen-bond acceptors (Lipinski definition) is 2. The summed E-state index contributed by atoms with van der Waals surface area (Å²) in [6.45, 7) is 6.55. The number of thiocarbonyl (C=S) groups is 1. The summed E-state index contributed by atoms with van der Waals surface area (Å²) < 4.78 is 0. The average molecular weight is 400 g/mol. The maximum Gasteiger partial charge on any atom is 0.251 e. The highest BCUT2D eigenvalue weighted by atomic mass is 35.5. The van der Waals surface area contributed by atoms with Crippen LogP contribution in [0.2, 0.25) is 5.02 Å². The van der Waals surface area contributed by atoms with Gasteiger partial charge in [0.15, 0.2) is 5.11 Å². The van der Waals surface area contributed by atoms with E-state index in [1.165, 1.54) is 0 Å². The number of aryl methyl sites for hydroxylation is 2. The number of benzene rings is 2. The van der Waals surface area contributed by atoms with E-state index in [0.29, 0.717) is 23.1 Å². The van der Waals surface area contributed by atoms with Crippen molar-refractivity contribution >= 4 is 45.5 Å². The van der Waals surface area contributed by atoms with Crippen LogP contribution in [-0.4, -0.2) is 16.6 Å². The maximum absolute atomic E-state index is 12.4. The summed E-state index contributed by atoms with van der Waals surface area (Å²) in [6.07, 6.45) is 0.578. The molecule has 140 valence electrons. The highest BCUT2D eigenvalue weighted by Gasteiger charge is 2.08. The standard InChI is InChI=1S/C21H22ClN3OS/c1-12-7-8-13(2)19-16(12)11-15(20(26)25-19)9-10-23-21(27)24-18-6-4-5-17(22)14(18)3/h4-8,11H,9-10H2,1-3H3,(H,25,26)(H2,23,24,27). The molecule has 3 aromatic rings. The van der Waals surface area contributed by atoms with E-state index >= 15 is 0 Å². The summed E-state index contributed by atoms with van der Waals surface area (Å²) in [7, 11) is 0. The Kier molecular flexibility index (Phi) is 5.82. The zero-order valence-corrected chi connectivity index (χ0v) is 17.1. The molecule has 0 saturated heterocycles. The molecule has 0 amide bonds. The maximum atomic E-state index is 12.4. The molecule has 0 aliphatic heterocycles. The number of aromatic nitrogens is 1. The van der Waals surface area contributed by atoms with E-state index in [9.17, 15) is 4.79 Å². The Balaban J connectivity index is 1.67. The normalized spacial score (nSPS) is 10.8.